The maximum Gasteiger partial charge on any atom is 0.140 e. The van der Waals surface area contributed by atoms with E-state index >= 15 is 0 Å². The summed E-state index contributed by atoms with van der Waals surface area (Å²) in [6.45, 7) is 5.97. The number of benzene rings is 1. The number of hydrogen-bond acceptors (Lipinski definition) is 4. The van der Waals surface area contributed by atoms with Gasteiger partial charge in [0.2, 0.25) is 0 Å². The average Bonchev–Trinajstić information content (AvgIpc) is 2.37. The Morgan fingerprint density at radius 2 is 1.83 bits per heavy atom. The second-order valence-corrected chi connectivity index (χ2v) is 4.88. The van der Waals surface area contributed by atoms with Crippen LogP contribution in [0.5, 0.6) is 0 Å². The molecule has 0 N–H and O–H groups in total. The lowest BCUT2D eigenvalue weighted by Gasteiger charge is -2.36. The van der Waals surface area contributed by atoms with E-state index in [1.165, 1.54) is 0 Å². The molecule has 1 aromatic carbocycles. The van der Waals surface area contributed by atoms with Crippen LogP contribution in [0.15, 0.2) is 30.6 Å². The number of morpholine rings is 1. The molecule has 0 saturated carbocycles. The van der Waals surface area contributed by atoms with Gasteiger partial charge in [0.05, 0.1) is 17.7 Å². The Morgan fingerprint density at radius 3 is 2.61 bits per heavy atom. The molecule has 4 heteroatoms. The number of rotatable bonds is 1. The topological polar surface area (TPSA) is 38.2 Å². The van der Waals surface area contributed by atoms with E-state index in [0.29, 0.717) is 0 Å². The number of fused-ring (bicyclic) bond motifs is 1. The Kier molecular flexibility index (Phi) is 2.88. The lowest BCUT2D eigenvalue weighted by Crippen LogP contribution is -2.45. The second kappa shape index (κ2) is 4.53. The highest BCUT2D eigenvalue weighted by Gasteiger charge is 2.24. The summed E-state index contributed by atoms with van der Waals surface area (Å²) in [5, 5.41) is 1.11. The van der Waals surface area contributed by atoms with Crippen LogP contribution in [0.1, 0.15) is 13.8 Å². The Balaban J connectivity index is 2.03. The van der Waals surface area contributed by atoms with Crippen LogP contribution in [0.2, 0.25) is 0 Å². The Morgan fingerprint density at radius 1 is 1.11 bits per heavy atom. The second-order valence-electron chi connectivity index (χ2n) is 4.88. The van der Waals surface area contributed by atoms with Crippen molar-refractivity contribution in [2.24, 2.45) is 0 Å². The van der Waals surface area contributed by atoms with Crippen LogP contribution in [0, 0.1) is 0 Å². The van der Waals surface area contributed by atoms with Gasteiger partial charge in [-0.2, -0.15) is 0 Å². The molecule has 18 heavy (non-hydrogen) atoms. The normalized spacial score (nSPS) is 24.4. The number of anilines is 1. The van der Waals surface area contributed by atoms with Crippen molar-refractivity contribution < 1.29 is 4.74 Å². The van der Waals surface area contributed by atoms with Gasteiger partial charge in [0.25, 0.3) is 0 Å². The minimum atomic E-state index is 0.238. The highest BCUT2D eigenvalue weighted by atomic mass is 16.5. The maximum atomic E-state index is 5.76. The average molecular weight is 243 g/mol. The van der Waals surface area contributed by atoms with Crippen molar-refractivity contribution in [3.05, 3.63) is 30.6 Å². The lowest BCUT2D eigenvalue weighted by atomic mass is 10.2. The van der Waals surface area contributed by atoms with Gasteiger partial charge in [0, 0.05) is 18.5 Å². The fourth-order valence-corrected chi connectivity index (χ4v) is 2.59. The summed E-state index contributed by atoms with van der Waals surface area (Å²) in [5.74, 6) is 1.02. The highest BCUT2D eigenvalue weighted by Crippen LogP contribution is 2.25. The third-order valence-corrected chi connectivity index (χ3v) is 3.24. The first-order chi connectivity index (χ1) is 8.74. The minimum absolute atomic E-state index is 0.238. The Hall–Kier alpha value is -1.68. The molecule has 2 atom stereocenters. The Labute approximate surface area is 107 Å². The summed E-state index contributed by atoms with van der Waals surface area (Å²) >= 11 is 0. The highest BCUT2D eigenvalue weighted by molar-refractivity contribution is 5.89. The predicted molar refractivity (Wildman–Crippen MR) is 71.8 cm³/mol. The van der Waals surface area contributed by atoms with Gasteiger partial charge in [-0.1, -0.05) is 12.1 Å². The van der Waals surface area contributed by atoms with Crippen molar-refractivity contribution in [1.82, 2.24) is 9.97 Å². The summed E-state index contributed by atoms with van der Waals surface area (Å²) in [6, 6.07) is 8.13. The van der Waals surface area contributed by atoms with Crippen LogP contribution in [0.3, 0.4) is 0 Å². The van der Waals surface area contributed by atoms with Gasteiger partial charge in [-0.05, 0) is 26.0 Å². The monoisotopic (exact) mass is 243 g/mol. The van der Waals surface area contributed by atoms with Gasteiger partial charge < -0.3 is 9.64 Å². The lowest BCUT2D eigenvalue weighted by molar-refractivity contribution is -0.00537. The quantitative estimate of drug-likeness (QED) is 0.770. The van der Waals surface area contributed by atoms with Crippen molar-refractivity contribution >= 4 is 16.7 Å². The SMILES string of the molecule is CC1CN(c2ncnc3ccccc23)CC(C)O1. The third kappa shape index (κ3) is 2.04. The molecule has 1 aromatic heterocycles. The van der Waals surface area contributed by atoms with Crippen molar-refractivity contribution in [3.63, 3.8) is 0 Å². The van der Waals surface area contributed by atoms with E-state index in [1.807, 2.05) is 18.2 Å². The van der Waals surface area contributed by atoms with E-state index in [4.69, 9.17) is 4.74 Å². The molecule has 0 radical (unpaired) electrons. The first-order valence-electron chi connectivity index (χ1n) is 6.34. The van der Waals surface area contributed by atoms with Crippen molar-refractivity contribution in [2.45, 2.75) is 26.1 Å². The third-order valence-electron chi connectivity index (χ3n) is 3.24. The van der Waals surface area contributed by atoms with Gasteiger partial charge in [-0.3, -0.25) is 0 Å². The van der Waals surface area contributed by atoms with Crippen molar-refractivity contribution in [2.75, 3.05) is 18.0 Å². The molecule has 1 aliphatic heterocycles. The summed E-state index contributed by atoms with van der Waals surface area (Å²) in [4.78, 5) is 11.1. The van der Waals surface area contributed by atoms with E-state index in [-0.39, 0.29) is 12.2 Å². The Bertz CT molecular complexity index is 542. The van der Waals surface area contributed by atoms with E-state index < -0.39 is 0 Å². The standard InChI is InChI=1S/C14H17N3O/c1-10-7-17(8-11(2)18-10)14-12-5-3-4-6-13(12)15-9-16-14/h3-6,9-11H,7-8H2,1-2H3. The number of hydrogen-bond donors (Lipinski definition) is 0. The molecule has 0 amide bonds. The molecule has 3 rings (SSSR count). The van der Waals surface area contributed by atoms with E-state index in [2.05, 4.69) is 34.8 Å². The largest absolute Gasteiger partial charge is 0.372 e. The van der Waals surface area contributed by atoms with E-state index in [9.17, 15) is 0 Å². The molecule has 0 bridgehead atoms. The molecule has 2 heterocycles. The molecule has 2 aromatic rings. The molecule has 1 saturated heterocycles. The van der Waals surface area contributed by atoms with Crippen LogP contribution in [-0.2, 0) is 4.74 Å². The molecular formula is C14H17N3O. The molecule has 0 aliphatic carbocycles. The van der Waals surface area contributed by atoms with Gasteiger partial charge in [-0.15, -0.1) is 0 Å². The molecule has 4 nitrogen and oxygen atoms in total. The number of para-hydroxylation sites is 1. The van der Waals surface area contributed by atoms with Crippen LogP contribution in [-0.4, -0.2) is 35.3 Å². The van der Waals surface area contributed by atoms with Crippen molar-refractivity contribution in [1.29, 1.82) is 0 Å². The molecule has 94 valence electrons. The van der Waals surface area contributed by atoms with Crippen LogP contribution >= 0.6 is 0 Å². The fourth-order valence-electron chi connectivity index (χ4n) is 2.59. The molecule has 1 aliphatic rings. The zero-order chi connectivity index (χ0) is 12.5. The first kappa shape index (κ1) is 11.4. The summed E-state index contributed by atoms with van der Waals surface area (Å²) in [6.07, 6.45) is 2.12. The molecular weight excluding hydrogens is 226 g/mol. The van der Waals surface area contributed by atoms with Gasteiger partial charge in [0.1, 0.15) is 12.1 Å². The number of ether oxygens (including phenoxy) is 1. The van der Waals surface area contributed by atoms with E-state index in [0.717, 1.165) is 29.8 Å². The van der Waals surface area contributed by atoms with Gasteiger partial charge >= 0.3 is 0 Å². The zero-order valence-corrected chi connectivity index (χ0v) is 10.7. The smallest absolute Gasteiger partial charge is 0.140 e. The molecule has 1 fully saturated rings. The molecule has 2 unspecified atom stereocenters. The summed E-state index contributed by atoms with van der Waals surface area (Å²) < 4.78 is 5.76. The number of nitrogens with zero attached hydrogens (tertiary/aromatic N) is 3. The van der Waals surface area contributed by atoms with Crippen LogP contribution < -0.4 is 4.90 Å². The first-order valence-corrected chi connectivity index (χ1v) is 6.34. The summed E-state index contributed by atoms with van der Waals surface area (Å²) in [7, 11) is 0. The maximum absolute atomic E-state index is 5.76. The summed E-state index contributed by atoms with van der Waals surface area (Å²) in [5.41, 5.74) is 0.995. The molecule has 0 spiro atoms. The van der Waals surface area contributed by atoms with Gasteiger partial charge in [0.15, 0.2) is 0 Å². The van der Waals surface area contributed by atoms with Crippen LogP contribution in [0.4, 0.5) is 5.82 Å². The van der Waals surface area contributed by atoms with E-state index in [1.54, 1.807) is 6.33 Å². The fraction of sp³-hybridized carbons (Fsp3) is 0.429. The van der Waals surface area contributed by atoms with Crippen LogP contribution in [0.25, 0.3) is 10.9 Å². The minimum Gasteiger partial charge on any atom is -0.372 e. The number of aromatic nitrogens is 2. The zero-order valence-electron chi connectivity index (χ0n) is 10.7. The van der Waals surface area contributed by atoms with Gasteiger partial charge in [-0.25, -0.2) is 9.97 Å². The van der Waals surface area contributed by atoms with Crippen molar-refractivity contribution in [3.8, 4) is 0 Å². The predicted octanol–water partition coefficient (Wildman–Crippen LogP) is 2.24.